The van der Waals surface area contributed by atoms with Crippen molar-refractivity contribution in [2.24, 2.45) is 0 Å². The molecule has 0 aliphatic heterocycles. The maximum absolute atomic E-state index is 2.52. The van der Waals surface area contributed by atoms with Gasteiger partial charge >= 0.3 is 0 Å². The van der Waals surface area contributed by atoms with Gasteiger partial charge in [0.2, 0.25) is 0 Å². The number of para-hydroxylation sites is 3. The Morgan fingerprint density at radius 3 is 1.41 bits per heavy atom. The zero-order chi connectivity index (χ0) is 38.9. The Kier molecular flexibility index (Phi) is 7.48. The van der Waals surface area contributed by atoms with Gasteiger partial charge in [-0.05, 0) is 116 Å². The molecule has 0 bridgehead atoms. The SMILES string of the molecule is c1ccc(N(c2ccc3ccccc3c2)c2cccc3c2-c2ccccc2C32c3ccccc3-c3c2cc(N(c2ccccc2)c2ccccc2)c2ccccc32)cc1. The Balaban J connectivity index is 1.19. The van der Waals surface area contributed by atoms with Crippen molar-refractivity contribution < 1.29 is 0 Å². The van der Waals surface area contributed by atoms with E-state index in [1.807, 2.05) is 0 Å². The second-order valence-electron chi connectivity index (χ2n) is 15.6. The maximum atomic E-state index is 2.52. The summed E-state index contributed by atoms with van der Waals surface area (Å²) >= 11 is 0. The summed E-state index contributed by atoms with van der Waals surface area (Å²) in [7, 11) is 0. The van der Waals surface area contributed by atoms with Crippen molar-refractivity contribution in [3.8, 4) is 22.3 Å². The van der Waals surface area contributed by atoms with E-state index in [1.165, 1.54) is 66.1 Å². The van der Waals surface area contributed by atoms with Crippen LogP contribution in [0.15, 0.2) is 231 Å². The first-order valence-corrected chi connectivity index (χ1v) is 20.4. The van der Waals surface area contributed by atoms with Gasteiger partial charge in [-0.3, -0.25) is 0 Å². The van der Waals surface area contributed by atoms with E-state index in [1.54, 1.807) is 0 Å². The van der Waals surface area contributed by atoms with E-state index in [4.69, 9.17) is 0 Å². The first kappa shape index (κ1) is 33.5. The van der Waals surface area contributed by atoms with Crippen LogP contribution in [0.3, 0.4) is 0 Å². The molecule has 0 aromatic heterocycles. The summed E-state index contributed by atoms with van der Waals surface area (Å²) in [6.45, 7) is 0. The molecule has 1 unspecified atom stereocenters. The van der Waals surface area contributed by atoms with Gasteiger partial charge in [0, 0.05) is 33.7 Å². The Morgan fingerprint density at radius 1 is 0.271 bits per heavy atom. The molecule has 12 rings (SSSR count). The van der Waals surface area contributed by atoms with Crippen LogP contribution in [-0.2, 0) is 5.41 Å². The lowest BCUT2D eigenvalue weighted by molar-refractivity contribution is 0.794. The number of rotatable bonds is 6. The molecule has 0 heterocycles. The van der Waals surface area contributed by atoms with Crippen LogP contribution in [0, 0.1) is 0 Å². The van der Waals surface area contributed by atoms with Crippen molar-refractivity contribution in [3.63, 3.8) is 0 Å². The quantitative estimate of drug-likeness (QED) is 0.167. The van der Waals surface area contributed by atoms with E-state index in [9.17, 15) is 0 Å². The zero-order valence-electron chi connectivity index (χ0n) is 32.3. The molecule has 10 aromatic rings. The summed E-state index contributed by atoms with van der Waals surface area (Å²) in [5.74, 6) is 0. The average molecular weight is 751 g/mol. The fourth-order valence-electron chi connectivity index (χ4n) is 10.3. The highest BCUT2D eigenvalue weighted by Gasteiger charge is 2.53. The van der Waals surface area contributed by atoms with E-state index in [0.29, 0.717) is 0 Å². The minimum absolute atomic E-state index is 0.572. The van der Waals surface area contributed by atoms with Crippen molar-refractivity contribution in [1.29, 1.82) is 0 Å². The number of hydrogen-bond donors (Lipinski definition) is 0. The monoisotopic (exact) mass is 750 g/mol. The Hall–Kier alpha value is -7.68. The molecular formula is C57H38N2. The van der Waals surface area contributed by atoms with Gasteiger partial charge in [0.25, 0.3) is 0 Å². The lowest BCUT2D eigenvalue weighted by Gasteiger charge is -2.33. The minimum Gasteiger partial charge on any atom is -0.310 e. The molecule has 2 aliphatic rings. The van der Waals surface area contributed by atoms with Crippen LogP contribution < -0.4 is 9.80 Å². The van der Waals surface area contributed by atoms with Crippen molar-refractivity contribution in [1.82, 2.24) is 0 Å². The third-order valence-corrected chi connectivity index (χ3v) is 12.6. The van der Waals surface area contributed by atoms with E-state index < -0.39 is 5.41 Å². The van der Waals surface area contributed by atoms with Gasteiger partial charge in [-0.25, -0.2) is 0 Å². The van der Waals surface area contributed by atoms with Gasteiger partial charge in [-0.2, -0.15) is 0 Å². The molecule has 0 N–H and O–H groups in total. The van der Waals surface area contributed by atoms with E-state index in [-0.39, 0.29) is 0 Å². The molecule has 0 amide bonds. The lowest BCUT2D eigenvalue weighted by atomic mass is 9.70. The molecule has 0 radical (unpaired) electrons. The molecule has 10 aromatic carbocycles. The molecule has 2 nitrogen and oxygen atoms in total. The smallest absolute Gasteiger partial charge is 0.0727 e. The van der Waals surface area contributed by atoms with Crippen molar-refractivity contribution in [2.75, 3.05) is 9.80 Å². The molecule has 0 saturated heterocycles. The summed E-state index contributed by atoms with van der Waals surface area (Å²) in [6, 6.07) is 84.8. The van der Waals surface area contributed by atoms with Gasteiger partial charge in [0.15, 0.2) is 0 Å². The number of fused-ring (bicyclic) bond motifs is 13. The highest BCUT2D eigenvalue weighted by molar-refractivity contribution is 6.13. The fraction of sp³-hybridized carbons (Fsp3) is 0.0175. The predicted molar refractivity (Wildman–Crippen MR) is 247 cm³/mol. The highest BCUT2D eigenvalue weighted by atomic mass is 15.2. The van der Waals surface area contributed by atoms with E-state index in [0.717, 1.165) is 34.1 Å². The topological polar surface area (TPSA) is 6.48 Å². The second kappa shape index (κ2) is 13.2. The first-order chi connectivity index (χ1) is 29.3. The van der Waals surface area contributed by atoms with Crippen LogP contribution in [0.1, 0.15) is 22.3 Å². The summed E-state index contributed by atoms with van der Waals surface area (Å²) < 4.78 is 0. The molecule has 0 saturated carbocycles. The predicted octanol–water partition coefficient (Wildman–Crippen LogP) is 15.3. The standard InChI is InChI=1S/C57H38N2/c1-4-21-41(22-5-1)58(42-23-6-2-7-24-42)54-38-52-55(46-28-13-12-27-45(46)54)47-29-14-16-31-49(47)57(52)50-32-17-15-30-48(50)56-51(57)33-18-34-53(56)59(43-25-8-3-9-26-43)44-36-35-39-19-10-11-20-40(39)37-44/h1-38H. The van der Waals surface area contributed by atoms with Crippen molar-refractivity contribution >= 4 is 55.7 Å². The number of hydrogen-bond acceptors (Lipinski definition) is 2. The third-order valence-electron chi connectivity index (χ3n) is 12.6. The second-order valence-corrected chi connectivity index (χ2v) is 15.6. The number of nitrogens with zero attached hydrogens (tertiary/aromatic N) is 2. The zero-order valence-corrected chi connectivity index (χ0v) is 32.3. The number of anilines is 6. The third kappa shape index (κ3) is 4.87. The molecule has 276 valence electrons. The van der Waals surface area contributed by atoms with Crippen LogP contribution in [0.4, 0.5) is 34.1 Å². The summed E-state index contributed by atoms with van der Waals surface area (Å²) in [6.07, 6.45) is 0. The van der Waals surface area contributed by atoms with Crippen LogP contribution >= 0.6 is 0 Å². The summed E-state index contributed by atoms with van der Waals surface area (Å²) in [4.78, 5) is 4.90. The Morgan fingerprint density at radius 2 is 0.763 bits per heavy atom. The Labute approximate surface area is 344 Å². The highest BCUT2D eigenvalue weighted by Crippen LogP contribution is 2.66. The first-order valence-electron chi connectivity index (χ1n) is 20.4. The van der Waals surface area contributed by atoms with Crippen molar-refractivity contribution in [2.45, 2.75) is 5.41 Å². The molecule has 2 heteroatoms. The van der Waals surface area contributed by atoms with Crippen molar-refractivity contribution in [3.05, 3.63) is 253 Å². The van der Waals surface area contributed by atoms with Gasteiger partial charge in [-0.1, -0.05) is 170 Å². The maximum Gasteiger partial charge on any atom is 0.0727 e. The van der Waals surface area contributed by atoms with Gasteiger partial charge in [0.05, 0.1) is 16.8 Å². The van der Waals surface area contributed by atoms with Crippen LogP contribution in [-0.4, -0.2) is 0 Å². The van der Waals surface area contributed by atoms with E-state index >= 15 is 0 Å². The molecular weight excluding hydrogens is 713 g/mol. The molecule has 1 atom stereocenters. The van der Waals surface area contributed by atoms with Crippen LogP contribution in [0.25, 0.3) is 43.8 Å². The normalized spacial score (nSPS) is 14.5. The summed E-state index contributed by atoms with van der Waals surface area (Å²) in [5, 5.41) is 4.92. The van der Waals surface area contributed by atoms with Crippen LogP contribution in [0.2, 0.25) is 0 Å². The summed E-state index contributed by atoms with van der Waals surface area (Å²) in [5.41, 5.74) is 16.6. The Bertz CT molecular complexity index is 3190. The van der Waals surface area contributed by atoms with Crippen LogP contribution in [0.5, 0.6) is 0 Å². The molecule has 1 spiro atoms. The van der Waals surface area contributed by atoms with Gasteiger partial charge in [-0.15, -0.1) is 0 Å². The van der Waals surface area contributed by atoms with E-state index in [2.05, 4.69) is 240 Å². The fourth-order valence-corrected chi connectivity index (χ4v) is 10.3. The average Bonchev–Trinajstić information content (AvgIpc) is 3.78. The number of benzene rings is 10. The van der Waals surface area contributed by atoms with Gasteiger partial charge < -0.3 is 9.80 Å². The molecule has 0 fully saturated rings. The molecule has 59 heavy (non-hydrogen) atoms. The molecule has 2 aliphatic carbocycles. The van der Waals surface area contributed by atoms with Gasteiger partial charge in [0.1, 0.15) is 0 Å². The lowest BCUT2D eigenvalue weighted by Crippen LogP contribution is -2.26. The largest absolute Gasteiger partial charge is 0.310 e. The minimum atomic E-state index is -0.572.